The molecule has 0 aliphatic heterocycles. The van der Waals surface area contributed by atoms with E-state index >= 15 is 0 Å². The van der Waals surface area contributed by atoms with Crippen LogP contribution in [0.5, 0.6) is 6.01 Å². The molecule has 0 saturated heterocycles. The topological polar surface area (TPSA) is 117 Å². The number of aliphatic carboxylic acids is 1. The van der Waals surface area contributed by atoms with Gasteiger partial charge in [0.05, 0.1) is 12.0 Å². The number of carboxylic acids is 1. The summed E-state index contributed by atoms with van der Waals surface area (Å²) in [4.78, 5) is 27.1. The normalized spacial score (nSPS) is 13.8. The Morgan fingerprint density at radius 3 is 2.65 bits per heavy atom. The summed E-state index contributed by atoms with van der Waals surface area (Å²) in [5, 5.41) is 18.0. The van der Waals surface area contributed by atoms with Crippen LogP contribution in [0.1, 0.15) is 34.1 Å². The molecule has 8 heteroatoms. The molecular weight excluding hydrogens is 264 g/mol. The molecule has 0 fully saturated rings. The number of carbonyl (C=O) groups excluding carboxylic acids is 1. The number of nitrogens with one attached hydrogen (secondary N) is 2. The summed E-state index contributed by atoms with van der Waals surface area (Å²) in [6.45, 7) is 7.28. The Morgan fingerprint density at radius 1 is 1.50 bits per heavy atom. The first-order valence-corrected chi connectivity index (χ1v) is 6.38. The fraction of sp³-hybridized carbons (Fsp3) is 0.667. The Kier molecular flexibility index (Phi) is 5.06. The van der Waals surface area contributed by atoms with Crippen LogP contribution in [0.3, 0.4) is 0 Å². The van der Waals surface area contributed by atoms with Gasteiger partial charge in [0.1, 0.15) is 0 Å². The van der Waals surface area contributed by atoms with Crippen LogP contribution in [-0.2, 0) is 9.59 Å². The number of hydrogen-bond acceptors (Lipinski definition) is 5. The molecule has 0 aliphatic carbocycles. The molecular formula is C12H20N4O4. The average Bonchev–Trinajstić information content (AvgIpc) is 2.76. The maximum absolute atomic E-state index is 11.9. The summed E-state index contributed by atoms with van der Waals surface area (Å²) in [5.41, 5.74) is -1.13. The van der Waals surface area contributed by atoms with Crippen LogP contribution in [-0.4, -0.2) is 38.8 Å². The van der Waals surface area contributed by atoms with Gasteiger partial charge in [-0.15, -0.1) is 5.10 Å². The van der Waals surface area contributed by atoms with E-state index in [9.17, 15) is 14.7 Å². The number of carbonyl (C=O) groups is 2. The highest BCUT2D eigenvalue weighted by Crippen LogP contribution is 2.31. The standard InChI is InChI=1S/C12H20N4O4/c1-5-20-11-14-10(15-16-11)13-8(17)6-12(4,7(2)3)9(18)19/h7H,5-6H2,1-4H3,(H,18,19)(H2,13,14,15,16,17). The lowest BCUT2D eigenvalue weighted by Gasteiger charge is -2.27. The highest BCUT2D eigenvalue weighted by atomic mass is 16.5. The average molecular weight is 284 g/mol. The maximum atomic E-state index is 11.9. The number of aromatic nitrogens is 3. The number of carboxylic acid groups (broad SMARTS) is 1. The van der Waals surface area contributed by atoms with Gasteiger partial charge in [-0.2, -0.15) is 4.98 Å². The van der Waals surface area contributed by atoms with Gasteiger partial charge in [0, 0.05) is 6.42 Å². The second-order valence-corrected chi connectivity index (χ2v) is 5.00. The monoisotopic (exact) mass is 284 g/mol. The second-order valence-electron chi connectivity index (χ2n) is 5.00. The van der Waals surface area contributed by atoms with Crippen molar-refractivity contribution in [1.29, 1.82) is 0 Å². The van der Waals surface area contributed by atoms with Crippen molar-refractivity contribution in [2.24, 2.45) is 11.3 Å². The van der Waals surface area contributed by atoms with Crippen molar-refractivity contribution in [2.45, 2.75) is 34.1 Å². The summed E-state index contributed by atoms with van der Waals surface area (Å²) in [6, 6.07) is 0.132. The number of H-pyrrole nitrogens is 1. The number of rotatable bonds is 7. The smallest absolute Gasteiger partial charge is 0.337 e. The Bertz CT molecular complexity index is 486. The number of hydrogen-bond donors (Lipinski definition) is 3. The predicted molar refractivity (Wildman–Crippen MR) is 71.4 cm³/mol. The zero-order chi connectivity index (χ0) is 15.3. The highest BCUT2D eigenvalue weighted by Gasteiger charge is 2.38. The van der Waals surface area contributed by atoms with Gasteiger partial charge in [0.15, 0.2) is 0 Å². The Hall–Kier alpha value is -2.12. The van der Waals surface area contributed by atoms with Crippen molar-refractivity contribution >= 4 is 17.8 Å². The first-order valence-electron chi connectivity index (χ1n) is 6.38. The number of anilines is 1. The van der Waals surface area contributed by atoms with Crippen molar-refractivity contribution < 1.29 is 19.4 Å². The molecule has 1 amide bonds. The third-order valence-corrected chi connectivity index (χ3v) is 3.29. The molecule has 0 aromatic carbocycles. The second kappa shape index (κ2) is 6.36. The summed E-state index contributed by atoms with van der Waals surface area (Å²) in [6.07, 6.45) is -0.148. The van der Waals surface area contributed by atoms with Crippen molar-refractivity contribution in [2.75, 3.05) is 11.9 Å². The molecule has 0 radical (unpaired) electrons. The molecule has 1 rings (SSSR count). The maximum Gasteiger partial charge on any atom is 0.337 e. The van der Waals surface area contributed by atoms with Gasteiger partial charge >= 0.3 is 12.0 Å². The van der Waals surface area contributed by atoms with Gasteiger partial charge in [-0.05, 0) is 19.8 Å². The van der Waals surface area contributed by atoms with Crippen LogP contribution in [0.15, 0.2) is 0 Å². The fourth-order valence-corrected chi connectivity index (χ4v) is 1.53. The third kappa shape index (κ3) is 3.69. The molecule has 3 N–H and O–H groups in total. The van der Waals surface area contributed by atoms with E-state index in [1.807, 2.05) is 0 Å². The molecule has 1 atom stereocenters. The predicted octanol–water partition coefficient (Wildman–Crippen LogP) is 1.28. The van der Waals surface area contributed by atoms with E-state index in [-0.39, 0.29) is 24.3 Å². The zero-order valence-corrected chi connectivity index (χ0v) is 12.1. The van der Waals surface area contributed by atoms with Crippen LogP contribution in [0, 0.1) is 11.3 Å². The van der Waals surface area contributed by atoms with Crippen LogP contribution in [0.2, 0.25) is 0 Å². The molecule has 8 nitrogen and oxygen atoms in total. The van der Waals surface area contributed by atoms with Crippen molar-refractivity contribution in [3.8, 4) is 6.01 Å². The lowest BCUT2D eigenvalue weighted by atomic mass is 9.76. The van der Waals surface area contributed by atoms with E-state index in [0.29, 0.717) is 6.61 Å². The fourth-order valence-electron chi connectivity index (χ4n) is 1.53. The molecule has 1 aromatic heterocycles. The Morgan fingerprint density at radius 2 is 2.15 bits per heavy atom. The Balaban J connectivity index is 2.68. The van der Waals surface area contributed by atoms with Crippen molar-refractivity contribution in [3.05, 3.63) is 0 Å². The van der Waals surface area contributed by atoms with E-state index in [4.69, 9.17) is 4.74 Å². The van der Waals surface area contributed by atoms with Crippen LogP contribution >= 0.6 is 0 Å². The first kappa shape index (κ1) is 15.9. The van der Waals surface area contributed by atoms with E-state index in [2.05, 4.69) is 20.5 Å². The van der Waals surface area contributed by atoms with Gasteiger partial charge in [0.2, 0.25) is 11.9 Å². The SMILES string of the molecule is CCOc1n[nH]c(NC(=O)CC(C)(C(=O)O)C(C)C)n1. The summed E-state index contributed by atoms with van der Waals surface area (Å²) in [5.74, 6) is -1.49. The summed E-state index contributed by atoms with van der Waals surface area (Å²) in [7, 11) is 0. The number of ether oxygens (including phenoxy) is 1. The Labute approximate surface area is 116 Å². The van der Waals surface area contributed by atoms with Crippen LogP contribution in [0.4, 0.5) is 5.95 Å². The van der Waals surface area contributed by atoms with Gasteiger partial charge < -0.3 is 9.84 Å². The zero-order valence-electron chi connectivity index (χ0n) is 12.1. The number of aromatic amines is 1. The first-order chi connectivity index (χ1) is 9.29. The van der Waals surface area contributed by atoms with Crippen molar-refractivity contribution in [1.82, 2.24) is 15.2 Å². The van der Waals surface area contributed by atoms with E-state index in [1.54, 1.807) is 27.7 Å². The molecule has 0 saturated carbocycles. The molecule has 20 heavy (non-hydrogen) atoms. The minimum absolute atomic E-state index is 0.132. The number of amides is 1. The largest absolute Gasteiger partial charge is 0.481 e. The van der Waals surface area contributed by atoms with E-state index < -0.39 is 17.3 Å². The van der Waals surface area contributed by atoms with Gasteiger partial charge in [0.25, 0.3) is 0 Å². The van der Waals surface area contributed by atoms with Gasteiger partial charge in [-0.25, -0.2) is 5.10 Å². The number of nitrogens with zero attached hydrogens (tertiary/aromatic N) is 2. The highest BCUT2D eigenvalue weighted by molar-refractivity contribution is 5.92. The summed E-state index contributed by atoms with van der Waals surface area (Å²) < 4.78 is 5.05. The molecule has 1 aromatic rings. The molecule has 0 aliphatic rings. The van der Waals surface area contributed by atoms with Crippen molar-refractivity contribution in [3.63, 3.8) is 0 Å². The molecule has 1 heterocycles. The lowest BCUT2D eigenvalue weighted by Crippen LogP contribution is -2.37. The lowest BCUT2D eigenvalue weighted by molar-refractivity contribution is -0.153. The van der Waals surface area contributed by atoms with E-state index in [0.717, 1.165) is 0 Å². The van der Waals surface area contributed by atoms with E-state index in [1.165, 1.54) is 0 Å². The van der Waals surface area contributed by atoms with Gasteiger partial charge in [-0.3, -0.25) is 14.9 Å². The van der Waals surface area contributed by atoms with Gasteiger partial charge in [-0.1, -0.05) is 13.8 Å². The van der Waals surface area contributed by atoms with Crippen LogP contribution < -0.4 is 10.1 Å². The molecule has 0 bridgehead atoms. The third-order valence-electron chi connectivity index (χ3n) is 3.29. The minimum atomic E-state index is -1.13. The molecule has 112 valence electrons. The molecule has 1 unspecified atom stereocenters. The molecule has 0 spiro atoms. The van der Waals surface area contributed by atoms with Crippen LogP contribution in [0.25, 0.3) is 0 Å². The minimum Gasteiger partial charge on any atom is -0.481 e. The quantitative estimate of drug-likeness (QED) is 0.694. The summed E-state index contributed by atoms with van der Waals surface area (Å²) >= 11 is 0.